The second kappa shape index (κ2) is 7.19. The second-order valence-corrected chi connectivity index (χ2v) is 5.78. The van der Waals surface area contributed by atoms with Crippen LogP contribution in [-0.4, -0.2) is 9.97 Å². The molecule has 23 heavy (non-hydrogen) atoms. The zero-order chi connectivity index (χ0) is 16.1. The van der Waals surface area contributed by atoms with Gasteiger partial charge in [0.1, 0.15) is 23.8 Å². The van der Waals surface area contributed by atoms with Gasteiger partial charge in [-0.3, -0.25) is 0 Å². The lowest BCUT2D eigenvalue weighted by atomic mass is 10.2. The van der Waals surface area contributed by atoms with Crippen molar-refractivity contribution < 1.29 is 4.39 Å². The van der Waals surface area contributed by atoms with Gasteiger partial charge in [-0.25, -0.2) is 14.4 Å². The molecule has 3 aromatic rings. The molecule has 0 radical (unpaired) electrons. The van der Waals surface area contributed by atoms with Gasteiger partial charge in [0.2, 0.25) is 0 Å². The van der Waals surface area contributed by atoms with E-state index in [2.05, 4.69) is 36.5 Å². The highest BCUT2D eigenvalue weighted by atomic mass is 79.9. The standard InChI is InChI=1S/C17H14BrFN4/c18-13-5-7-14(8-6-13)23-17-9-16(21-11-22-17)20-10-12-3-1-2-4-15(12)19/h1-9,11H,10H2,(H2,20,21,22,23). The number of nitrogens with one attached hydrogen (secondary N) is 2. The van der Waals surface area contributed by atoms with Crippen LogP contribution in [0.4, 0.5) is 21.7 Å². The van der Waals surface area contributed by atoms with E-state index in [4.69, 9.17) is 0 Å². The molecule has 4 nitrogen and oxygen atoms in total. The normalized spacial score (nSPS) is 10.3. The van der Waals surface area contributed by atoms with Crippen LogP contribution in [-0.2, 0) is 6.54 Å². The smallest absolute Gasteiger partial charge is 0.135 e. The molecule has 0 fully saturated rings. The topological polar surface area (TPSA) is 49.8 Å². The maximum atomic E-state index is 13.6. The minimum atomic E-state index is -0.234. The molecule has 1 heterocycles. The third-order valence-electron chi connectivity index (χ3n) is 3.20. The van der Waals surface area contributed by atoms with Crippen molar-refractivity contribution in [3.8, 4) is 0 Å². The molecule has 0 aliphatic rings. The van der Waals surface area contributed by atoms with Crippen LogP contribution in [0.2, 0.25) is 0 Å². The van der Waals surface area contributed by atoms with Gasteiger partial charge in [-0.2, -0.15) is 0 Å². The summed E-state index contributed by atoms with van der Waals surface area (Å²) in [6, 6.07) is 16.2. The fraction of sp³-hybridized carbons (Fsp3) is 0.0588. The first-order valence-electron chi connectivity index (χ1n) is 7.02. The summed E-state index contributed by atoms with van der Waals surface area (Å²) in [6.07, 6.45) is 1.46. The second-order valence-electron chi connectivity index (χ2n) is 4.87. The van der Waals surface area contributed by atoms with E-state index in [1.165, 1.54) is 12.4 Å². The summed E-state index contributed by atoms with van der Waals surface area (Å²) in [6.45, 7) is 0.363. The first-order valence-corrected chi connectivity index (χ1v) is 7.82. The van der Waals surface area contributed by atoms with Crippen LogP contribution < -0.4 is 10.6 Å². The molecule has 0 saturated carbocycles. The highest BCUT2D eigenvalue weighted by Gasteiger charge is 2.03. The Morgan fingerprint density at radius 2 is 1.70 bits per heavy atom. The molecule has 0 bridgehead atoms. The summed E-state index contributed by atoms with van der Waals surface area (Å²) < 4.78 is 14.6. The number of anilines is 3. The average molecular weight is 373 g/mol. The third kappa shape index (κ3) is 4.26. The minimum Gasteiger partial charge on any atom is -0.366 e. The Bertz CT molecular complexity index is 793. The predicted molar refractivity (Wildman–Crippen MR) is 93.2 cm³/mol. The largest absolute Gasteiger partial charge is 0.366 e. The van der Waals surface area contributed by atoms with E-state index in [1.54, 1.807) is 24.3 Å². The number of halogens is 2. The molecular weight excluding hydrogens is 359 g/mol. The number of hydrogen-bond donors (Lipinski definition) is 2. The quantitative estimate of drug-likeness (QED) is 0.679. The van der Waals surface area contributed by atoms with Crippen molar-refractivity contribution in [1.82, 2.24) is 9.97 Å². The monoisotopic (exact) mass is 372 g/mol. The third-order valence-corrected chi connectivity index (χ3v) is 3.73. The van der Waals surface area contributed by atoms with E-state index in [0.29, 0.717) is 23.7 Å². The summed E-state index contributed by atoms with van der Waals surface area (Å²) in [5, 5.41) is 6.29. The highest BCUT2D eigenvalue weighted by molar-refractivity contribution is 9.10. The Balaban J connectivity index is 1.67. The molecule has 6 heteroatoms. The summed E-state index contributed by atoms with van der Waals surface area (Å²) in [5.74, 6) is 1.06. The first kappa shape index (κ1) is 15.4. The van der Waals surface area contributed by atoms with E-state index in [9.17, 15) is 4.39 Å². The van der Waals surface area contributed by atoms with Crippen LogP contribution >= 0.6 is 15.9 Å². The van der Waals surface area contributed by atoms with Gasteiger partial charge in [0.05, 0.1) is 0 Å². The Morgan fingerprint density at radius 3 is 2.48 bits per heavy atom. The maximum Gasteiger partial charge on any atom is 0.135 e. The molecule has 0 aliphatic carbocycles. The van der Waals surface area contributed by atoms with Gasteiger partial charge < -0.3 is 10.6 Å². The SMILES string of the molecule is Fc1ccccc1CNc1cc(Nc2ccc(Br)cc2)ncn1. The fourth-order valence-electron chi connectivity index (χ4n) is 2.03. The molecule has 3 rings (SSSR count). The lowest BCUT2D eigenvalue weighted by Crippen LogP contribution is -2.04. The van der Waals surface area contributed by atoms with Crippen LogP contribution in [0.1, 0.15) is 5.56 Å². The molecule has 0 amide bonds. The number of aromatic nitrogens is 2. The van der Waals surface area contributed by atoms with Gasteiger partial charge >= 0.3 is 0 Å². The maximum absolute atomic E-state index is 13.6. The zero-order valence-corrected chi connectivity index (χ0v) is 13.7. The Kier molecular flexibility index (Phi) is 4.83. The van der Waals surface area contributed by atoms with Crippen LogP contribution in [0.5, 0.6) is 0 Å². The van der Waals surface area contributed by atoms with E-state index < -0.39 is 0 Å². The molecular formula is C17H14BrFN4. The highest BCUT2D eigenvalue weighted by Crippen LogP contribution is 2.19. The van der Waals surface area contributed by atoms with Gasteiger partial charge in [0, 0.05) is 28.3 Å². The number of rotatable bonds is 5. The predicted octanol–water partition coefficient (Wildman–Crippen LogP) is 4.73. The summed E-state index contributed by atoms with van der Waals surface area (Å²) in [4.78, 5) is 8.33. The Morgan fingerprint density at radius 1 is 0.957 bits per heavy atom. The van der Waals surface area contributed by atoms with Crippen molar-refractivity contribution in [2.75, 3.05) is 10.6 Å². The van der Waals surface area contributed by atoms with Gasteiger partial charge in [0.25, 0.3) is 0 Å². The van der Waals surface area contributed by atoms with Crippen molar-refractivity contribution in [3.63, 3.8) is 0 Å². The summed E-state index contributed by atoms with van der Waals surface area (Å²) in [7, 11) is 0. The molecule has 0 saturated heterocycles. The molecule has 0 atom stereocenters. The van der Waals surface area contributed by atoms with Crippen LogP contribution in [0, 0.1) is 5.82 Å². The van der Waals surface area contributed by atoms with Crippen molar-refractivity contribution in [2.24, 2.45) is 0 Å². The lowest BCUT2D eigenvalue weighted by molar-refractivity contribution is 0.613. The van der Waals surface area contributed by atoms with Crippen molar-refractivity contribution >= 4 is 33.3 Å². The fourth-order valence-corrected chi connectivity index (χ4v) is 2.30. The van der Waals surface area contributed by atoms with Gasteiger partial charge in [-0.1, -0.05) is 34.1 Å². The zero-order valence-electron chi connectivity index (χ0n) is 12.1. The Hall–Kier alpha value is -2.47. The number of benzene rings is 2. The van der Waals surface area contributed by atoms with E-state index in [-0.39, 0.29) is 5.82 Å². The summed E-state index contributed by atoms with van der Waals surface area (Å²) in [5.41, 5.74) is 1.51. The average Bonchev–Trinajstić information content (AvgIpc) is 2.57. The number of nitrogens with zero attached hydrogens (tertiary/aromatic N) is 2. The van der Waals surface area contributed by atoms with Crippen LogP contribution in [0.15, 0.2) is 65.4 Å². The lowest BCUT2D eigenvalue weighted by Gasteiger charge is -2.09. The molecule has 2 N–H and O–H groups in total. The van der Waals surface area contributed by atoms with E-state index >= 15 is 0 Å². The molecule has 0 aliphatic heterocycles. The summed E-state index contributed by atoms with van der Waals surface area (Å²) >= 11 is 3.40. The Labute approximate surface area is 141 Å². The van der Waals surface area contributed by atoms with Gasteiger partial charge in [-0.15, -0.1) is 0 Å². The van der Waals surface area contributed by atoms with E-state index in [0.717, 1.165) is 10.2 Å². The molecule has 0 spiro atoms. The van der Waals surface area contributed by atoms with Crippen molar-refractivity contribution in [1.29, 1.82) is 0 Å². The molecule has 116 valence electrons. The van der Waals surface area contributed by atoms with Crippen molar-refractivity contribution in [2.45, 2.75) is 6.54 Å². The minimum absolute atomic E-state index is 0.234. The van der Waals surface area contributed by atoms with Crippen molar-refractivity contribution in [3.05, 3.63) is 76.8 Å². The van der Waals surface area contributed by atoms with E-state index in [1.807, 2.05) is 24.3 Å². The van der Waals surface area contributed by atoms with Gasteiger partial charge in [-0.05, 0) is 30.3 Å². The first-order chi connectivity index (χ1) is 11.2. The number of hydrogen-bond acceptors (Lipinski definition) is 4. The molecule has 0 unspecified atom stereocenters. The van der Waals surface area contributed by atoms with Gasteiger partial charge in [0.15, 0.2) is 0 Å². The molecule has 1 aromatic heterocycles. The molecule has 2 aromatic carbocycles. The van der Waals surface area contributed by atoms with Crippen LogP contribution in [0.25, 0.3) is 0 Å². The van der Waals surface area contributed by atoms with Crippen LogP contribution in [0.3, 0.4) is 0 Å².